The minimum absolute atomic E-state index is 0.0902. The Hall–Kier alpha value is 0.230. The Morgan fingerprint density at radius 1 is 1.80 bits per heavy atom. The minimum atomic E-state index is 0.0902. The van der Waals surface area contributed by atoms with Crippen molar-refractivity contribution in [1.82, 2.24) is 0 Å². The van der Waals surface area contributed by atoms with Gasteiger partial charge in [-0.25, -0.2) is 5.06 Å². The molecule has 0 radical (unpaired) electrons. The maximum Gasteiger partial charge on any atom is 0.120 e. The van der Waals surface area contributed by atoms with E-state index in [0.717, 1.165) is 14.5 Å². The Morgan fingerprint density at radius 3 is 2.90 bits per heavy atom. The van der Waals surface area contributed by atoms with Crippen molar-refractivity contribution in [3.8, 4) is 0 Å². The maximum atomic E-state index is 9.03. The molecule has 1 aromatic heterocycles. The Labute approximate surface area is 76.1 Å². The van der Waals surface area contributed by atoms with Crippen LogP contribution in [0.2, 0.25) is 0 Å². The fraction of sp³-hybridized carbons (Fsp3) is 0.200. The van der Waals surface area contributed by atoms with Gasteiger partial charge >= 0.3 is 0 Å². The molecule has 1 rings (SSSR count). The second-order valence-corrected chi connectivity index (χ2v) is 3.67. The summed E-state index contributed by atoms with van der Waals surface area (Å²) in [5.41, 5.74) is 0. The second-order valence-electron chi connectivity index (χ2n) is 1.62. The third-order valence-corrected chi connectivity index (χ3v) is 2.85. The third-order valence-electron chi connectivity index (χ3n) is 0.921. The predicted octanol–water partition coefficient (Wildman–Crippen LogP) is 2.90. The van der Waals surface area contributed by atoms with E-state index in [1.54, 1.807) is 6.07 Å². The van der Waals surface area contributed by atoms with Crippen LogP contribution in [0.25, 0.3) is 0 Å². The van der Waals surface area contributed by atoms with Crippen LogP contribution in [0.5, 0.6) is 0 Å². The van der Waals surface area contributed by atoms with Gasteiger partial charge in [0.05, 0.1) is 0 Å². The highest BCUT2D eigenvalue weighted by atomic mass is 79.9. The van der Waals surface area contributed by atoms with E-state index in [-0.39, 0.29) is 6.00 Å². The van der Waals surface area contributed by atoms with Crippen molar-refractivity contribution in [3.63, 3.8) is 0 Å². The van der Waals surface area contributed by atoms with Gasteiger partial charge in [-0.3, -0.25) is 5.21 Å². The highest BCUT2D eigenvalue weighted by Crippen LogP contribution is 2.27. The van der Waals surface area contributed by atoms with Crippen molar-refractivity contribution in [2.24, 2.45) is 0 Å². The topological polar surface area (TPSA) is 23.5 Å². The zero-order chi connectivity index (χ0) is 7.56. The molecule has 0 fully saturated rings. The van der Waals surface area contributed by atoms with Gasteiger partial charge in [-0.05, 0) is 22.0 Å². The molecule has 0 saturated heterocycles. The average molecular weight is 243 g/mol. The van der Waals surface area contributed by atoms with Gasteiger partial charge in [-0.15, -0.1) is 22.9 Å². The van der Waals surface area contributed by atoms with Gasteiger partial charge in [0.25, 0.3) is 0 Å². The first kappa shape index (κ1) is 8.33. The summed E-state index contributed by atoms with van der Waals surface area (Å²) in [5.74, 6) is 0. The highest BCUT2D eigenvalue weighted by Gasteiger charge is 2.02. The Kier molecular flexibility index (Phi) is 2.97. The molecule has 2 nitrogen and oxygen atoms in total. The number of hydrogen-bond acceptors (Lipinski definition) is 3. The molecule has 0 aliphatic rings. The molecule has 0 amide bonds. The number of alkyl halides is 1. The van der Waals surface area contributed by atoms with Crippen LogP contribution in [0, 0.1) is 0 Å². The Bertz CT molecular complexity index is 217. The van der Waals surface area contributed by atoms with Crippen LogP contribution in [-0.4, -0.2) is 11.2 Å². The molecule has 56 valence electrons. The average Bonchev–Trinajstić information content (AvgIpc) is 2.34. The van der Waals surface area contributed by atoms with Crippen LogP contribution in [0.3, 0.4) is 0 Å². The minimum Gasteiger partial charge on any atom is -0.286 e. The molecule has 0 saturated carbocycles. The number of halogens is 2. The van der Waals surface area contributed by atoms with Crippen LogP contribution >= 0.6 is 38.9 Å². The summed E-state index contributed by atoms with van der Waals surface area (Å²) in [6.07, 6.45) is 0. The van der Waals surface area contributed by atoms with E-state index in [4.69, 9.17) is 16.8 Å². The van der Waals surface area contributed by atoms with Crippen molar-refractivity contribution < 1.29 is 5.21 Å². The van der Waals surface area contributed by atoms with Crippen molar-refractivity contribution >= 4 is 43.9 Å². The first-order chi connectivity index (χ1) is 4.74. The molecule has 0 aromatic carbocycles. The molecule has 0 atom stereocenters. The molecular weight excluding hydrogens is 237 g/mol. The molecule has 0 aliphatic heterocycles. The summed E-state index contributed by atoms with van der Waals surface area (Å²) in [6, 6.07) is 1.89. The van der Waals surface area contributed by atoms with Crippen LogP contribution in [-0.2, 0) is 0 Å². The first-order valence-electron chi connectivity index (χ1n) is 2.50. The van der Waals surface area contributed by atoms with E-state index in [2.05, 4.69) is 15.9 Å². The lowest BCUT2D eigenvalue weighted by Gasteiger charge is -2.08. The van der Waals surface area contributed by atoms with Crippen molar-refractivity contribution in [2.45, 2.75) is 0 Å². The van der Waals surface area contributed by atoms with Crippen molar-refractivity contribution in [2.75, 3.05) is 11.1 Å². The number of anilines is 1. The molecule has 1 N–H and O–H groups in total. The summed E-state index contributed by atoms with van der Waals surface area (Å²) < 4.78 is 0.955. The summed E-state index contributed by atoms with van der Waals surface area (Å²) >= 11 is 10.0. The van der Waals surface area contributed by atoms with Gasteiger partial charge in [-0.2, -0.15) is 0 Å². The van der Waals surface area contributed by atoms with Gasteiger partial charge in [0.15, 0.2) is 0 Å². The number of nitrogens with zero attached hydrogens (tertiary/aromatic N) is 1. The SMILES string of the molecule is ON(CCl)c1cc(Br)cs1. The lowest BCUT2D eigenvalue weighted by Crippen LogP contribution is -2.13. The summed E-state index contributed by atoms with van der Waals surface area (Å²) in [4.78, 5) is 0. The van der Waals surface area contributed by atoms with Crippen LogP contribution in [0.4, 0.5) is 5.00 Å². The van der Waals surface area contributed by atoms with Gasteiger partial charge in [0, 0.05) is 9.85 Å². The lowest BCUT2D eigenvalue weighted by atomic mass is 10.6. The van der Waals surface area contributed by atoms with E-state index in [0.29, 0.717) is 0 Å². The van der Waals surface area contributed by atoms with Crippen molar-refractivity contribution in [1.29, 1.82) is 0 Å². The number of hydroxylamine groups is 1. The Morgan fingerprint density at radius 2 is 2.50 bits per heavy atom. The van der Waals surface area contributed by atoms with Crippen LogP contribution < -0.4 is 5.06 Å². The summed E-state index contributed by atoms with van der Waals surface area (Å²) in [6.45, 7) is 0. The Balaban J connectivity index is 2.74. The van der Waals surface area contributed by atoms with E-state index in [1.165, 1.54) is 11.3 Å². The van der Waals surface area contributed by atoms with E-state index in [1.807, 2.05) is 5.38 Å². The fourth-order valence-corrected chi connectivity index (χ4v) is 2.03. The number of thiophene rings is 1. The molecule has 1 heterocycles. The molecule has 0 spiro atoms. The summed E-state index contributed by atoms with van der Waals surface area (Å²) in [7, 11) is 0. The molecule has 0 unspecified atom stereocenters. The molecule has 10 heavy (non-hydrogen) atoms. The van der Waals surface area contributed by atoms with Gasteiger partial charge in [-0.1, -0.05) is 0 Å². The maximum absolute atomic E-state index is 9.03. The van der Waals surface area contributed by atoms with Crippen molar-refractivity contribution in [3.05, 3.63) is 15.9 Å². The molecule has 0 bridgehead atoms. The molecular formula is C5H5BrClNOS. The number of hydrogen-bond donors (Lipinski definition) is 1. The zero-order valence-electron chi connectivity index (χ0n) is 4.92. The van der Waals surface area contributed by atoms with E-state index in [9.17, 15) is 0 Å². The number of rotatable bonds is 2. The summed E-state index contributed by atoms with van der Waals surface area (Å²) in [5, 5.41) is 12.6. The monoisotopic (exact) mass is 241 g/mol. The fourth-order valence-electron chi connectivity index (χ4n) is 0.497. The van der Waals surface area contributed by atoms with E-state index >= 15 is 0 Å². The highest BCUT2D eigenvalue weighted by molar-refractivity contribution is 9.10. The quantitative estimate of drug-likeness (QED) is 0.490. The third kappa shape index (κ3) is 1.85. The van der Waals surface area contributed by atoms with Gasteiger partial charge in [0.1, 0.15) is 11.0 Å². The lowest BCUT2D eigenvalue weighted by molar-refractivity contribution is 0.275. The zero-order valence-corrected chi connectivity index (χ0v) is 8.08. The van der Waals surface area contributed by atoms with Crippen LogP contribution in [0.15, 0.2) is 15.9 Å². The van der Waals surface area contributed by atoms with Gasteiger partial charge in [0.2, 0.25) is 0 Å². The predicted molar refractivity (Wildman–Crippen MR) is 47.0 cm³/mol. The standard InChI is InChI=1S/C5H5BrClNOS/c6-4-1-5(10-2-4)8(9)3-7/h1-2,9H,3H2. The molecule has 5 heteroatoms. The smallest absolute Gasteiger partial charge is 0.120 e. The molecule has 1 aromatic rings. The molecule has 0 aliphatic carbocycles. The largest absolute Gasteiger partial charge is 0.286 e. The normalized spacial score (nSPS) is 9.90. The van der Waals surface area contributed by atoms with Crippen LogP contribution in [0.1, 0.15) is 0 Å². The van der Waals surface area contributed by atoms with E-state index < -0.39 is 0 Å². The first-order valence-corrected chi connectivity index (χ1v) is 4.71. The second kappa shape index (κ2) is 3.57. The van der Waals surface area contributed by atoms with Gasteiger partial charge < -0.3 is 0 Å².